The molecule has 24 heavy (non-hydrogen) atoms. The molecule has 0 radical (unpaired) electrons. The first-order valence-corrected chi connectivity index (χ1v) is 9.81. The summed E-state index contributed by atoms with van der Waals surface area (Å²) < 4.78 is 26.1. The SMILES string of the molecule is CCCCCCCCO[C@@H]1O[C@H](CO)[C@@H](O)[C@H](OP(=O)(O)O)[C@H]1O. The van der Waals surface area contributed by atoms with Crippen LogP contribution in [0.25, 0.3) is 0 Å². The Balaban J connectivity index is 2.49. The topological polar surface area (TPSA) is 146 Å². The predicted octanol–water partition coefficient (Wildman–Crippen LogP) is 0.280. The van der Waals surface area contributed by atoms with Gasteiger partial charge in [0.25, 0.3) is 0 Å². The molecule has 5 atom stereocenters. The molecule has 0 aromatic rings. The fraction of sp³-hybridized carbons (Fsp3) is 1.00. The number of aliphatic hydroxyl groups excluding tert-OH is 3. The van der Waals surface area contributed by atoms with Crippen LogP contribution in [-0.2, 0) is 18.6 Å². The van der Waals surface area contributed by atoms with E-state index in [1.165, 1.54) is 6.42 Å². The Labute approximate surface area is 141 Å². The van der Waals surface area contributed by atoms with Gasteiger partial charge >= 0.3 is 7.82 Å². The van der Waals surface area contributed by atoms with Crippen LogP contribution < -0.4 is 0 Å². The maximum absolute atomic E-state index is 11.0. The second-order valence-electron chi connectivity index (χ2n) is 5.91. The van der Waals surface area contributed by atoms with E-state index in [1.54, 1.807) is 0 Å². The van der Waals surface area contributed by atoms with E-state index in [9.17, 15) is 19.9 Å². The molecule has 0 bridgehead atoms. The van der Waals surface area contributed by atoms with Crippen molar-refractivity contribution in [1.82, 2.24) is 0 Å². The van der Waals surface area contributed by atoms with Crippen molar-refractivity contribution in [1.29, 1.82) is 0 Å². The molecule has 0 amide bonds. The zero-order chi connectivity index (χ0) is 18.2. The molecule has 0 aromatic heterocycles. The van der Waals surface area contributed by atoms with Crippen molar-refractivity contribution in [3.63, 3.8) is 0 Å². The molecule has 1 fully saturated rings. The molecule has 0 aliphatic carbocycles. The highest BCUT2D eigenvalue weighted by atomic mass is 31.2. The van der Waals surface area contributed by atoms with Crippen molar-refractivity contribution in [2.75, 3.05) is 13.2 Å². The average Bonchev–Trinajstić information content (AvgIpc) is 2.51. The van der Waals surface area contributed by atoms with Crippen LogP contribution in [0.3, 0.4) is 0 Å². The summed E-state index contributed by atoms with van der Waals surface area (Å²) in [5.74, 6) is 0. The number of hydrogen-bond donors (Lipinski definition) is 5. The van der Waals surface area contributed by atoms with Crippen molar-refractivity contribution in [3.8, 4) is 0 Å². The van der Waals surface area contributed by atoms with Gasteiger partial charge in [0.1, 0.15) is 24.4 Å². The molecular weight excluding hydrogens is 343 g/mol. The lowest BCUT2D eigenvalue weighted by Gasteiger charge is -2.41. The Morgan fingerprint density at radius 1 is 1.04 bits per heavy atom. The van der Waals surface area contributed by atoms with Gasteiger partial charge in [-0.15, -0.1) is 0 Å². The van der Waals surface area contributed by atoms with E-state index in [4.69, 9.17) is 19.3 Å². The highest BCUT2D eigenvalue weighted by Crippen LogP contribution is 2.41. The summed E-state index contributed by atoms with van der Waals surface area (Å²) in [6, 6.07) is 0. The Kier molecular flexibility index (Phi) is 9.88. The number of rotatable bonds is 11. The molecule has 0 aromatic carbocycles. The van der Waals surface area contributed by atoms with E-state index in [0.29, 0.717) is 0 Å². The first-order valence-electron chi connectivity index (χ1n) is 8.28. The Morgan fingerprint density at radius 3 is 2.25 bits per heavy atom. The first kappa shape index (κ1) is 22.0. The molecule has 1 heterocycles. The molecule has 0 spiro atoms. The van der Waals surface area contributed by atoms with Crippen LogP contribution in [0.2, 0.25) is 0 Å². The Bertz CT molecular complexity index is 388. The second kappa shape index (κ2) is 10.8. The summed E-state index contributed by atoms with van der Waals surface area (Å²) >= 11 is 0. The normalized spacial score (nSPS) is 31.3. The number of aliphatic hydroxyl groups is 3. The smallest absolute Gasteiger partial charge is 0.394 e. The minimum absolute atomic E-state index is 0.282. The lowest BCUT2D eigenvalue weighted by molar-refractivity contribution is -0.298. The standard InChI is InChI=1S/C14H29O9P/c1-2-3-4-5-6-7-8-21-14-12(17)13(23-24(18,19)20)11(16)10(9-15)22-14/h10-17H,2-9H2,1H3,(H2,18,19,20)/t10-,11-,12-,13+,14-/m1/s1. The van der Waals surface area contributed by atoms with Crippen LogP contribution in [-0.4, -0.2) is 69.0 Å². The lowest BCUT2D eigenvalue weighted by atomic mass is 9.99. The van der Waals surface area contributed by atoms with Gasteiger partial charge in [-0.2, -0.15) is 0 Å². The van der Waals surface area contributed by atoms with Gasteiger partial charge in [0.15, 0.2) is 6.29 Å². The molecule has 1 aliphatic rings. The van der Waals surface area contributed by atoms with Crippen molar-refractivity contribution >= 4 is 7.82 Å². The molecule has 10 heteroatoms. The quantitative estimate of drug-likeness (QED) is 0.255. The maximum atomic E-state index is 11.0. The number of phosphoric acid groups is 1. The first-order chi connectivity index (χ1) is 11.3. The molecule has 144 valence electrons. The summed E-state index contributed by atoms with van der Waals surface area (Å²) in [7, 11) is -4.93. The minimum atomic E-state index is -4.93. The van der Waals surface area contributed by atoms with Gasteiger partial charge in [-0.3, -0.25) is 4.52 Å². The fourth-order valence-electron chi connectivity index (χ4n) is 2.56. The molecule has 1 rings (SSSR count). The molecule has 5 N–H and O–H groups in total. The lowest BCUT2D eigenvalue weighted by Crippen LogP contribution is -2.59. The fourth-order valence-corrected chi connectivity index (χ4v) is 3.12. The van der Waals surface area contributed by atoms with Gasteiger partial charge in [-0.25, -0.2) is 4.57 Å². The van der Waals surface area contributed by atoms with E-state index in [0.717, 1.165) is 32.1 Å². The van der Waals surface area contributed by atoms with Gasteiger partial charge in [0.2, 0.25) is 0 Å². The van der Waals surface area contributed by atoms with Crippen LogP contribution >= 0.6 is 7.82 Å². The summed E-state index contributed by atoms with van der Waals surface area (Å²) in [5.41, 5.74) is 0. The van der Waals surface area contributed by atoms with Crippen LogP contribution in [0, 0.1) is 0 Å². The van der Waals surface area contributed by atoms with Crippen LogP contribution in [0.15, 0.2) is 0 Å². The molecule has 1 saturated heterocycles. The van der Waals surface area contributed by atoms with E-state index in [1.807, 2.05) is 0 Å². The average molecular weight is 372 g/mol. The van der Waals surface area contributed by atoms with Crippen LogP contribution in [0.5, 0.6) is 0 Å². The van der Waals surface area contributed by atoms with E-state index in [-0.39, 0.29) is 6.61 Å². The largest absolute Gasteiger partial charge is 0.470 e. The van der Waals surface area contributed by atoms with Gasteiger partial charge in [0, 0.05) is 6.61 Å². The molecular formula is C14H29O9P. The zero-order valence-electron chi connectivity index (χ0n) is 13.9. The summed E-state index contributed by atoms with van der Waals surface area (Å²) in [6.45, 7) is 1.81. The molecule has 0 saturated carbocycles. The van der Waals surface area contributed by atoms with Crippen molar-refractivity contribution < 1.29 is 43.7 Å². The van der Waals surface area contributed by atoms with E-state index >= 15 is 0 Å². The van der Waals surface area contributed by atoms with Crippen molar-refractivity contribution in [2.45, 2.75) is 76.2 Å². The molecule has 1 aliphatic heterocycles. The van der Waals surface area contributed by atoms with E-state index < -0.39 is 45.1 Å². The van der Waals surface area contributed by atoms with Crippen LogP contribution in [0.1, 0.15) is 45.4 Å². The molecule has 0 unspecified atom stereocenters. The Morgan fingerprint density at radius 2 is 1.67 bits per heavy atom. The van der Waals surface area contributed by atoms with Crippen molar-refractivity contribution in [2.24, 2.45) is 0 Å². The number of phosphoric ester groups is 1. The highest BCUT2D eigenvalue weighted by molar-refractivity contribution is 7.46. The maximum Gasteiger partial charge on any atom is 0.470 e. The summed E-state index contributed by atoms with van der Waals surface area (Å²) in [5, 5.41) is 29.2. The van der Waals surface area contributed by atoms with Gasteiger partial charge < -0.3 is 34.6 Å². The second-order valence-corrected chi connectivity index (χ2v) is 7.10. The van der Waals surface area contributed by atoms with E-state index in [2.05, 4.69) is 11.4 Å². The monoisotopic (exact) mass is 372 g/mol. The van der Waals surface area contributed by atoms with Crippen molar-refractivity contribution in [3.05, 3.63) is 0 Å². The highest BCUT2D eigenvalue weighted by Gasteiger charge is 2.48. The number of unbranched alkanes of at least 4 members (excludes halogenated alkanes) is 5. The summed E-state index contributed by atoms with van der Waals surface area (Å²) in [4.78, 5) is 17.8. The number of ether oxygens (including phenoxy) is 2. The summed E-state index contributed by atoms with van der Waals surface area (Å²) in [6.07, 6.45) is -0.939. The van der Waals surface area contributed by atoms with Gasteiger partial charge in [-0.05, 0) is 6.42 Å². The molecule has 9 nitrogen and oxygen atoms in total. The minimum Gasteiger partial charge on any atom is -0.394 e. The van der Waals surface area contributed by atoms with Gasteiger partial charge in [0.05, 0.1) is 6.61 Å². The number of hydrogen-bond acceptors (Lipinski definition) is 7. The Hall–Kier alpha value is -0.0900. The van der Waals surface area contributed by atoms with Crippen LogP contribution in [0.4, 0.5) is 0 Å². The zero-order valence-corrected chi connectivity index (χ0v) is 14.8. The van der Waals surface area contributed by atoms with Gasteiger partial charge in [-0.1, -0.05) is 39.0 Å². The predicted molar refractivity (Wildman–Crippen MR) is 84.0 cm³/mol. The third kappa shape index (κ3) is 7.43. The third-order valence-electron chi connectivity index (χ3n) is 3.86. The third-order valence-corrected chi connectivity index (χ3v) is 4.38.